The second kappa shape index (κ2) is 3.24. The number of fused-ring (bicyclic) bond motifs is 3. The minimum absolute atomic E-state index is 0.955. The first-order valence-electron chi connectivity index (χ1n) is 5.32. The highest BCUT2D eigenvalue weighted by atomic mass is 16.3. The zero-order valence-corrected chi connectivity index (χ0v) is 9.16. The van der Waals surface area contributed by atoms with E-state index in [4.69, 9.17) is 4.42 Å². The highest BCUT2D eigenvalue weighted by Gasteiger charge is 2.08. The molecule has 0 saturated carbocycles. The van der Waals surface area contributed by atoms with Crippen LogP contribution < -0.4 is 0 Å². The molecule has 0 fully saturated rings. The Hall–Kier alpha value is -2.02. The molecule has 0 radical (unpaired) electrons. The molecule has 1 heteroatoms. The largest absolute Gasteiger partial charge is 0.464 e. The third-order valence-electron chi connectivity index (χ3n) is 2.92. The van der Waals surface area contributed by atoms with Gasteiger partial charge in [-0.05, 0) is 30.0 Å². The summed E-state index contributed by atoms with van der Waals surface area (Å²) < 4.78 is 5.58. The molecular formula is C15H12O. The van der Waals surface area contributed by atoms with Crippen molar-refractivity contribution in [2.75, 3.05) is 0 Å². The highest BCUT2D eigenvalue weighted by Crippen LogP contribution is 2.32. The Balaban J connectivity index is 2.58. The van der Waals surface area contributed by atoms with E-state index in [0.717, 1.165) is 21.9 Å². The molecule has 3 aromatic rings. The highest BCUT2D eigenvalue weighted by molar-refractivity contribution is 6.08. The van der Waals surface area contributed by atoms with Crippen molar-refractivity contribution in [3.8, 4) is 0 Å². The van der Waals surface area contributed by atoms with Crippen molar-refractivity contribution in [1.82, 2.24) is 0 Å². The molecule has 3 rings (SSSR count). The summed E-state index contributed by atoms with van der Waals surface area (Å²) in [4.78, 5) is 0. The molecule has 0 N–H and O–H groups in total. The molecule has 0 aliphatic rings. The standard InChI is InChI=1S/C15H12O/c1-10(2)14-9-11-5-3-4-6-12(11)15-13(14)7-8-16-15/h3-9H,1H2,2H3. The zero-order valence-electron chi connectivity index (χ0n) is 9.16. The van der Waals surface area contributed by atoms with E-state index in [1.54, 1.807) is 6.26 Å². The van der Waals surface area contributed by atoms with Crippen LogP contribution in [0.15, 0.2) is 53.7 Å². The molecule has 0 aliphatic carbocycles. The summed E-state index contributed by atoms with van der Waals surface area (Å²) in [6.45, 7) is 6.04. The van der Waals surface area contributed by atoms with E-state index in [9.17, 15) is 0 Å². The smallest absolute Gasteiger partial charge is 0.142 e. The summed E-state index contributed by atoms with van der Waals surface area (Å²) >= 11 is 0. The molecule has 78 valence electrons. The molecule has 0 bridgehead atoms. The van der Waals surface area contributed by atoms with Gasteiger partial charge in [0.25, 0.3) is 0 Å². The SMILES string of the molecule is C=C(C)c1cc2ccccc2c2occc12. The van der Waals surface area contributed by atoms with Crippen molar-refractivity contribution >= 4 is 27.3 Å². The Morgan fingerprint density at radius 2 is 1.94 bits per heavy atom. The average Bonchev–Trinajstić information content (AvgIpc) is 2.76. The maximum Gasteiger partial charge on any atom is 0.142 e. The molecule has 16 heavy (non-hydrogen) atoms. The monoisotopic (exact) mass is 208 g/mol. The summed E-state index contributed by atoms with van der Waals surface area (Å²) in [5.41, 5.74) is 3.19. The molecule has 0 unspecified atom stereocenters. The molecule has 1 nitrogen and oxygen atoms in total. The van der Waals surface area contributed by atoms with Gasteiger partial charge in [0.15, 0.2) is 0 Å². The quantitative estimate of drug-likeness (QED) is 0.568. The topological polar surface area (TPSA) is 13.1 Å². The van der Waals surface area contributed by atoms with Crippen molar-refractivity contribution in [2.24, 2.45) is 0 Å². The number of benzene rings is 2. The molecule has 0 amide bonds. The van der Waals surface area contributed by atoms with Crippen LogP contribution in [0.2, 0.25) is 0 Å². The van der Waals surface area contributed by atoms with Crippen molar-refractivity contribution in [2.45, 2.75) is 6.92 Å². The van der Waals surface area contributed by atoms with E-state index in [0.29, 0.717) is 0 Å². The van der Waals surface area contributed by atoms with Crippen LogP contribution in [0.3, 0.4) is 0 Å². The Bertz CT molecular complexity index is 689. The fourth-order valence-corrected chi connectivity index (χ4v) is 2.15. The Morgan fingerprint density at radius 3 is 2.75 bits per heavy atom. The summed E-state index contributed by atoms with van der Waals surface area (Å²) in [5, 5.41) is 3.50. The zero-order chi connectivity index (χ0) is 11.1. The first kappa shape index (κ1) is 9.22. The van der Waals surface area contributed by atoms with Gasteiger partial charge >= 0.3 is 0 Å². The van der Waals surface area contributed by atoms with Crippen LogP contribution in [-0.2, 0) is 0 Å². The van der Waals surface area contributed by atoms with Crippen LogP contribution in [0.5, 0.6) is 0 Å². The third kappa shape index (κ3) is 1.18. The second-order valence-corrected chi connectivity index (χ2v) is 4.09. The van der Waals surface area contributed by atoms with Crippen LogP contribution in [0, 0.1) is 0 Å². The van der Waals surface area contributed by atoms with Gasteiger partial charge in [0.2, 0.25) is 0 Å². The maximum atomic E-state index is 5.58. The number of allylic oxidation sites excluding steroid dienone is 1. The lowest BCUT2D eigenvalue weighted by atomic mass is 9.99. The third-order valence-corrected chi connectivity index (χ3v) is 2.92. The van der Waals surface area contributed by atoms with Crippen molar-refractivity contribution in [1.29, 1.82) is 0 Å². The van der Waals surface area contributed by atoms with E-state index in [-0.39, 0.29) is 0 Å². The maximum absolute atomic E-state index is 5.58. The molecule has 0 aliphatic heterocycles. The molecule has 0 atom stereocenters. The fraction of sp³-hybridized carbons (Fsp3) is 0.0667. The van der Waals surface area contributed by atoms with Gasteiger partial charge in [-0.1, -0.05) is 36.4 Å². The van der Waals surface area contributed by atoms with E-state index in [1.807, 2.05) is 25.1 Å². The summed E-state index contributed by atoms with van der Waals surface area (Å²) in [6.07, 6.45) is 1.74. The minimum atomic E-state index is 0.955. The number of hydrogen-bond donors (Lipinski definition) is 0. The first-order chi connectivity index (χ1) is 7.77. The van der Waals surface area contributed by atoms with E-state index in [2.05, 4.69) is 24.8 Å². The summed E-state index contributed by atoms with van der Waals surface area (Å²) in [7, 11) is 0. The van der Waals surface area contributed by atoms with Gasteiger partial charge < -0.3 is 4.42 Å². The van der Waals surface area contributed by atoms with Crippen molar-refractivity contribution in [3.63, 3.8) is 0 Å². The van der Waals surface area contributed by atoms with Gasteiger partial charge in [-0.2, -0.15) is 0 Å². The molecule has 2 aromatic carbocycles. The predicted octanol–water partition coefficient (Wildman–Crippen LogP) is 4.62. The van der Waals surface area contributed by atoms with Crippen LogP contribution in [0.4, 0.5) is 0 Å². The van der Waals surface area contributed by atoms with E-state index < -0.39 is 0 Å². The van der Waals surface area contributed by atoms with Crippen LogP contribution >= 0.6 is 0 Å². The van der Waals surface area contributed by atoms with Gasteiger partial charge in [0.1, 0.15) is 5.58 Å². The Labute approximate surface area is 94.0 Å². The average molecular weight is 208 g/mol. The molecule has 0 spiro atoms. The van der Waals surface area contributed by atoms with Crippen LogP contribution in [0.1, 0.15) is 12.5 Å². The number of furan rings is 1. The Kier molecular flexibility index (Phi) is 1.87. The minimum Gasteiger partial charge on any atom is -0.464 e. The molecule has 1 aromatic heterocycles. The van der Waals surface area contributed by atoms with Gasteiger partial charge in [-0.15, -0.1) is 0 Å². The van der Waals surface area contributed by atoms with Crippen LogP contribution in [-0.4, -0.2) is 0 Å². The van der Waals surface area contributed by atoms with Crippen molar-refractivity contribution in [3.05, 3.63) is 54.8 Å². The summed E-state index contributed by atoms with van der Waals surface area (Å²) in [6, 6.07) is 12.4. The second-order valence-electron chi connectivity index (χ2n) is 4.09. The lowest BCUT2D eigenvalue weighted by Crippen LogP contribution is -1.81. The van der Waals surface area contributed by atoms with E-state index in [1.165, 1.54) is 10.9 Å². The van der Waals surface area contributed by atoms with Gasteiger partial charge in [0, 0.05) is 10.8 Å². The fourth-order valence-electron chi connectivity index (χ4n) is 2.15. The lowest BCUT2D eigenvalue weighted by molar-refractivity contribution is 0.619. The summed E-state index contributed by atoms with van der Waals surface area (Å²) in [5.74, 6) is 0. The van der Waals surface area contributed by atoms with Gasteiger partial charge in [-0.3, -0.25) is 0 Å². The predicted molar refractivity (Wildman–Crippen MR) is 68.4 cm³/mol. The number of rotatable bonds is 1. The molecule has 0 saturated heterocycles. The molecule has 1 heterocycles. The first-order valence-corrected chi connectivity index (χ1v) is 5.32. The van der Waals surface area contributed by atoms with Gasteiger partial charge in [0.05, 0.1) is 6.26 Å². The Morgan fingerprint density at radius 1 is 1.12 bits per heavy atom. The lowest BCUT2D eigenvalue weighted by Gasteiger charge is -2.05. The van der Waals surface area contributed by atoms with Crippen molar-refractivity contribution < 1.29 is 4.42 Å². The van der Waals surface area contributed by atoms with E-state index >= 15 is 0 Å². The van der Waals surface area contributed by atoms with Crippen LogP contribution in [0.25, 0.3) is 27.3 Å². The molecular weight excluding hydrogens is 196 g/mol. The normalized spacial score (nSPS) is 11.1. The number of hydrogen-bond acceptors (Lipinski definition) is 1. The van der Waals surface area contributed by atoms with Gasteiger partial charge in [-0.25, -0.2) is 0 Å².